The number of hydrogen-bond acceptors (Lipinski definition) is 3. The molecular weight excluding hydrogens is 336 g/mol. The van der Waals surface area contributed by atoms with Gasteiger partial charge in [0.15, 0.2) is 5.96 Å². The maximum Gasteiger partial charge on any atom is 0.191 e. The number of aryl methyl sites for hydroxylation is 1. The lowest BCUT2D eigenvalue weighted by Crippen LogP contribution is -2.43. The summed E-state index contributed by atoms with van der Waals surface area (Å²) in [6.07, 6.45) is 7.62. The SMILES string of the molecule is CCCCCC(C)NC(=NCc1ccccc1)NCCn1cnnc1CC. The molecule has 1 aromatic heterocycles. The van der Waals surface area contributed by atoms with Crippen LogP contribution in [-0.4, -0.2) is 33.3 Å². The third-order valence-corrected chi connectivity index (χ3v) is 4.54. The second kappa shape index (κ2) is 12.1. The first kappa shape index (κ1) is 20.9. The van der Waals surface area contributed by atoms with Gasteiger partial charge in [-0.25, -0.2) is 4.99 Å². The van der Waals surface area contributed by atoms with Crippen molar-refractivity contribution in [3.05, 3.63) is 48.0 Å². The van der Waals surface area contributed by atoms with E-state index in [0.29, 0.717) is 12.6 Å². The number of hydrogen-bond donors (Lipinski definition) is 2. The fourth-order valence-corrected chi connectivity index (χ4v) is 2.95. The molecule has 6 nitrogen and oxygen atoms in total. The van der Waals surface area contributed by atoms with Gasteiger partial charge in [-0.2, -0.15) is 0 Å². The second-order valence-corrected chi connectivity index (χ2v) is 6.91. The van der Waals surface area contributed by atoms with E-state index >= 15 is 0 Å². The summed E-state index contributed by atoms with van der Waals surface area (Å²) in [7, 11) is 0. The van der Waals surface area contributed by atoms with Gasteiger partial charge in [-0.05, 0) is 18.9 Å². The molecule has 2 rings (SSSR count). The highest BCUT2D eigenvalue weighted by Gasteiger charge is 2.07. The van der Waals surface area contributed by atoms with Crippen molar-refractivity contribution in [3.63, 3.8) is 0 Å². The molecule has 0 aliphatic rings. The average molecular weight is 371 g/mol. The van der Waals surface area contributed by atoms with Crippen LogP contribution < -0.4 is 10.6 Å². The minimum absolute atomic E-state index is 0.402. The van der Waals surface area contributed by atoms with Crippen LogP contribution in [0.4, 0.5) is 0 Å². The van der Waals surface area contributed by atoms with Gasteiger partial charge in [0.25, 0.3) is 0 Å². The van der Waals surface area contributed by atoms with Gasteiger partial charge in [0.05, 0.1) is 6.54 Å². The Morgan fingerprint density at radius 3 is 2.74 bits per heavy atom. The first-order valence-corrected chi connectivity index (χ1v) is 10.2. The Labute approximate surface area is 163 Å². The van der Waals surface area contributed by atoms with Crippen molar-refractivity contribution in [2.75, 3.05) is 6.54 Å². The number of guanidine groups is 1. The summed E-state index contributed by atoms with van der Waals surface area (Å²) in [5.74, 6) is 1.88. The van der Waals surface area contributed by atoms with Gasteiger partial charge >= 0.3 is 0 Å². The van der Waals surface area contributed by atoms with E-state index in [1.165, 1.54) is 24.8 Å². The van der Waals surface area contributed by atoms with E-state index in [1.807, 2.05) is 6.07 Å². The van der Waals surface area contributed by atoms with Crippen LogP contribution in [0.5, 0.6) is 0 Å². The quantitative estimate of drug-likeness (QED) is 0.361. The van der Waals surface area contributed by atoms with Gasteiger partial charge < -0.3 is 15.2 Å². The summed E-state index contributed by atoms with van der Waals surface area (Å²) >= 11 is 0. The molecule has 0 fully saturated rings. The summed E-state index contributed by atoms with van der Waals surface area (Å²) < 4.78 is 2.09. The highest BCUT2D eigenvalue weighted by Crippen LogP contribution is 2.04. The van der Waals surface area contributed by atoms with Crippen LogP contribution in [0.2, 0.25) is 0 Å². The van der Waals surface area contributed by atoms with Gasteiger partial charge in [0.1, 0.15) is 12.2 Å². The van der Waals surface area contributed by atoms with Crippen molar-refractivity contribution in [2.24, 2.45) is 4.99 Å². The maximum atomic E-state index is 4.78. The van der Waals surface area contributed by atoms with Gasteiger partial charge in [-0.1, -0.05) is 63.4 Å². The van der Waals surface area contributed by atoms with Gasteiger partial charge in [0, 0.05) is 25.6 Å². The van der Waals surface area contributed by atoms with Crippen LogP contribution >= 0.6 is 0 Å². The molecule has 2 aromatic rings. The van der Waals surface area contributed by atoms with Crippen molar-refractivity contribution >= 4 is 5.96 Å². The molecule has 0 amide bonds. The minimum atomic E-state index is 0.402. The summed E-state index contributed by atoms with van der Waals surface area (Å²) in [5.41, 5.74) is 1.21. The third-order valence-electron chi connectivity index (χ3n) is 4.54. The number of aromatic nitrogens is 3. The molecule has 0 radical (unpaired) electrons. The molecule has 0 aliphatic carbocycles. The van der Waals surface area contributed by atoms with E-state index in [2.05, 4.69) is 70.4 Å². The number of unbranched alkanes of at least 4 members (excludes halogenated alkanes) is 2. The Hall–Kier alpha value is -2.37. The summed E-state index contributed by atoms with van der Waals surface area (Å²) in [4.78, 5) is 4.78. The Bertz CT molecular complexity index is 664. The van der Waals surface area contributed by atoms with Crippen molar-refractivity contribution in [2.45, 2.75) is 72.0 Å². The second-order valence-electron chi connectivity index (χ2n) is 6.91. The zero-order valence-corrected chi connectivity index (χ0v) is 17.0. The van der Waals surface area contributed by atoms with Crippen molar-refractivity contribution in [1.29, 1.82) is 0 Å². The summed E-state index contributed by atoms with van der Waals surface area (Å²) in [5, 5.41) is 15.2. The van der Waals surface area contributed by atoms with E-state index in [4.69, 9.17) is 4.99 Å². The van der Waals surface area contributed by atoms with Gasteiger partial charge in [-0.15, -0.1) is 10.2 Å². The first-order chi connectivity index (χ1) is 13.2. The number of nitrogens with zero attached hydrogens (tertiary/aromatic N) is 4. The third kappa shape index (κ3) is 7.81. The molecule has 148 valence electrons. The van der Waals surface area contributed by atoms with Crippen LogP contribution in [0, 0.1) is 0 Å². The Morgan fingerprint density at radius 1 is 1.19 bits per heavy atom. The van der Waals surface area contributed by atoms with E-state index in [0.717, 1.165) is 37.7 Å². The fourth-order valence-electron chi connectivity index (χ4n) is 2.95. The van der Waals surface area contributed by atoms with Crippen molar-refractivity contribution in [1.82, 2.24) is 25.4 Å². The number of benzene rings is 1. The molecule has 2 N–H and O–H groups in total. The largest absolute Gasteiger partial charge is 0.355 e. The predicted octanol–water partition coefficient (Wildman–Crippen LogP) is 3.54. The lowest BCUT2D eigenvalue weighted by Gasteiger charge is -2.18. The lowest BCUT2D eigenvalue weighted by molar-refractivity contribution is 0.542. The van der Waals surface area contributed by atoms with E-state index in [-0.39, 0.29) is 0 Å². The molecule has 1 unspecified atom stereocenters. The van der Waals surface area contributed by atoms with Crippen LogP contribution in [0.3, 0.4) is 0 Å². The minimum Gasteiger partial charge on any atom is -0.355 e. The summed E-state index contributed by atoms with van der Waals surface area (Å²) in [6, 6.07) is 10.8. The Balaban J connectivity index is 1.91. The number of nitrogens with one attached hydrogen (secondary N) is 2. The standard InChI is InChI=1S/C21H34N6/c1-4-6-8-11-18(3)25-21(23-16-19-12-9-7-10-13-19)22-14-15-27-17-24-26-20(27)5-2/h7,9-10,12-13,17-18H,4-6,8,11,14-16H2,1-3H3,(H2,22,23,25). The van der Waals surface area contributed by atoms with Crippen LogP contribution in [0.1, 0.15) is 57.8 Å². The van der Waals surface area contributed by atoms with E-state index < -0.39 is 0 Å². The number of aliphatic imine (C=N–C) groups is 1. The molecule has 0 aliphatic heterocycles. The monoisotopic (exact) mass is 370 g/mol. The molecule has 0 saturated heterocycles. The summed E-state index contributed by atoms with van der Waals surface area (Å²) in [6.45, 7) is 8.84. The molecule has 27 heavy (non-hydrogen) atoms. The maximum absolute atomic E-state index is 4.78. The van der Waals surface area contributed by atoms with Crippen LogP contribution in [-0.2, 0) is 19.5 Å². The topological polar surface area (TPSA) is 67.1 Å². The zero-order valence-electron chi connectivity index (χ0n) is 17.0. The zero-order chi connectivity index (χ0) is 19.3. The molecule has 1 heterocycles. The molecule has 1 atom stereocenters. The highest BCUT2D eigenvalue weighted by atomic mass is 15.3. The fraction of sp³-hybridized carbons (Fsp3) is 0.571. The molecule has 6 heteroatoms. The van der Waals surface area contributed by atoms with Crippen molar-refractivity contribution in [3.8, 4) is 0 Å². The molecule has 0 spiro atoms. The smallest absolute Gasteiger partial charge is 0.191 e. The Morgan fingerprint density at radius 2 is 2.00 bits per heavy atom. The highest BCUT2D eigenvalue weighted by molar-refractivity contribution is 5.80. The molecule has 0 saturated carbocycles. The first-order valence-electron chi connectivity index (χ1n) is 10.2. The molecule has 0 bridgehead atoms. The Kier molecular flexibility index (Phi) is 9.38. The molecule has 1 aromatic carbocycles. The van der Waals surface area contributed by atoms with Crippen molar-refractivity contribution < 1.29 is 0 Å². The van der Waals surface area contributed by atoms with E-state index in [1.54, 1.807) is 6.33 Å². The normalized spacial score (nSPS) is 12.8. The van der Waals surface area contributed by atoms with Gasteiger partial charge in [0.2, 0.25) is 0 Å². The van der Waals surface area contributed by atoms with Crippen LogP contribution in [0.25, 0.3) is 0 Å². The predicted molar refractivity (Wildman–Crippen MR) is 112 cm³/mol. The average Bonchev–Trinajstić information content (AvgIpc) is 3.14. The van der Waals surface area contributed by atoms with E-state index in [9.17, 15) is 0 Å². The van der Waals surface area contributed by atoms with Gasteiger partial charge in [-0.3, -0.25) is 0 Å². The lowest BCUT2D eigenvalue weighted by atomic mass is 10.1. The number of rotatable bonds is 11. The molecular formula is C21H34N6. The van der Waals surface area contributed by atoms with Crippen LogP contribution in [0.15, 0.2) is 41.7 Å².